The summed E-state index contributed by atoms with van der Waals surface area (Å²) in [5.41, 5.74) is -0.120. The number of amides is 1. The summed E-state index contributed by atoms with van der Waals surface area (Å²) >= 11 is 0. The van der Waals surface area contributed by atoms with Gasteiger partial charge < -0.3 is 10.6 Å². The molecule has 96 valence electrons. The quantitative estimate of drug-likeness (QED) is 0.703. The molecular weight excluding hydrogens is 200 g/mol. The van der Waals surface area contributed by atoms with Gasteiger partial charge in [-0.05, 0) is 33.6 Å². The van der Waals surface area contributed by atoms with Crippen LogP contribution in [0.25, 0.3) is 0 Å². The summed E-state index contributed by atoms with van der Waals surface area (Å²) < 4.78 is 0. The summed E-state index contributed by atoms with van der Waals surface area (Å²) in [5.74, 6) is 0.131. The third-order valence-corrected chi connectivity index (χ3v) is 2.43. The Balaban J connectivity index is 3.68. The number of carbonyl (C=O) groups is 1. The van der Waals surface area contributed by atoms with Crippen molar-refractivity contribution in [2.75, 3.05) is 6.54 Å². The van der Waals surface area contributed by atoms with E-state index in [0.717, 1.165) is 13.0 Å². The zero-order chi connectivity index (χ0) is 12.6. The van der Waals surface area contributed by atoms with E-state index in [2.05, 4.69) is 24.5 Å². The molecule has 0 bridgehead atoms. The van der Waals surface area contributed by atoms with Crippen molar-refractivity contribution in [3.63, 3.8) is 0 Å². The van der Waals surface area contributed by atoms with Crippen molar-refractivity contribution >= 4 is 5.91 Å². The first-order chi connectivity index (χ1) is 7.39. The lowest BCUT2D eigenvalue weighted by Crippen LogP contribution is -2.42. The van der Waals surface area contributed by atoms with Gasteiger partial charge in [0.05, 0.1) is 0 Å². The van der Waals surface area contributed by atoms with E-state index in [-0.39, 0.29) is 11.4 Å². The van der Waals surface area contributed by atoms with Crippen LogP contribution in [-0.4, -0.2) is 24.0 Å². The predicted molar refractivity (Wildman–Crippen MR) is 69.5 cm³/mol. The molecule has 1 atom stereocenters. The monoisotopic (exact) mass is 228 g/mol. The second-order valence-corrected chi connectivity index (χ2v) is 5.40. The van der Waals surface area contributed by atoms with E-state index in [1.807, 2.05) is 20.8 Å². The minimum absolute atomic E-state index is 0.120. The molecule has 3 heteroatoms. The molecule has 16 heavy (non-hydrogen) atoms. The molecule has 0 radical (unpaired) electrons. The predicted octanol–water partition coefficient (Wildman–Crippen LogP) is 2.46. The van der Waals surface area contributed by atoms with Crippen molar-refractivity contribution in [2.45, 2.75) is 71.9 Å². The molecule has 0 aliphatic carbocycles. The zero-order valence-corrected chi connectivity index (χ0v) is 11.5. The van der Waals surface area contributed by atoms with Gasteiger partial charge in [0, 0.05) is 24.5 Å². The van der Waals surface area contributed by atoms with Crippen LogP contribution in [0, 0.1) is 0 Å². The highest BCUT2D eigenvalue weighted by atomic mass is 16.1. The zero-order valence-electron chi connectivity index (χ0n) is 11.5. The average Bonchev–Trinajstić information content (AvgIpc) is 2.13. The summed E-state index contributed by atoms with van der Waals surface area (Å²) in [7, 11) is 0. The molecule has 0 saturated heterocycles. The van der Waals surface area contributed by atoms with E-state index in [9.17, 15) is 4.79 Å². The van der Waals surface area contributed by atoms with Crippen LogP contribution in [0.2, 0.25) is 0 Å². The fraction of sp³-hybridized carbons (Fsp3) is 0.923. The Morgan fingerprint density at radius 2 is 1.88 bits per heavy atom. The maximum atomic E-state index is 11.5. The first-order valence-electron chi connectivity index (χ1n) is 6.43. The minimum atomic E-state index is -0.120. The Morgan fingerprint density at radius 3 is 2.31 bits per heavy atom. The van der Waals surface area contributed by atoms with Crippen LogP contribution in [0.5, 0.6) is 0 Å². The van der Waals surface area contributed by atoms with Crippen LogP contribution in [0.4, 0.5) is 0 Å². The molecule has 0 aromatic carbocycles. The van der Waals surface area contributed by atoms with E-state index >= 15 is 0 Å². The van der Waals surface area contributed by atoms with Crippen LogP contribution in [0.15, 0.2) is 0 Å². The third-order valence-electron chi connectivity index (χ3n) is 2.43. The molecule has 1 amide bonds. The van der Waals surface area contributed by atoms with Gasteiger partial charge in [-0.1, -0.05) is 20.3 Å². The summed E-state index contributed by atoms with van der Waals surface area (Å²) in [6, 6.07) is 0.562. The topological polar surface area (TPSA) is 41.1 Å². The van der Waals surface area contributed by atoms with Crippen molar-refractivity contribution in [3.8, 4) is 0 Å². The van der Waals surface area contributed by atoms with Crippen LogP contribution < -0.4 is 10.6 Å². The van der Waals surface area contributed by atoms with Gasteiger partial charge in [-0.15, -0.1) is 0 Å². The summed E-state index contributed by atoms with van der Waals surface area (Å²) in [5, 5.41) is 6.39. The molecule has 0 aliphatic heterocycles. The van der Waals surface area contributed by atoms with Gasteiger partial charge in [-0.3, -0.25) is 4.79 Å². The van der Waals surface area contributed by atoms with E-state index in [1.54, 1.807) is 0 Å². The molecule has 2 N–H and O–H groups in total. The Hall–Kier alpha value is -0.570. The average molecular weight is 228 g/mol. The van der Waals surface area contributed by atoms with Crippen molar-refractivity contribution in [1.29, 1.82) is 0 Å². The Kier molecular flexibility index (Phi) is 7.39. The normalized spacial score (nSPS) is 13.6. The van der Waals surface area contributed by atoms with Gasteiger partial charge in [0.25, 0.3) is 0 Å². The lowest BCUT2D eigenvalue weighted by atomic mass is 10.1. The van der Waals surface area contributed by atoms with Gasteiger partial charge in [-0.25, -0.2) is 0 Å². The molecule has 0 spiro atoms. The fourth-order valence-electron chi connectivity index (χ4n) is 1.67. The molecular formula is C13H28N2O. The van der Waals surface area contributed by atoms with Crippen molar-refractivity contribution in [1.82, 2.24) is 10.6 Å². The molecule has 0 saturated carbocycles. The van der Waals surface area contributed by atoms with Gasteiger partial charge in [-0.2, -0.15) is 0 Å². The van der Waals surface area contributed by atoms with Gasteiger partial charge in [0.1, 0.15) is 0 Å². The van der Waals surface area contributed by atoms with Crippen LogP contribution >= 0.6 is 0 Å². The third kappa shape index (κ3) is 8.72. The highest BCUT2D eigenvalue weighted by molar-refractivity contribution is 5.76. The van der Waals surface area contributed by atoms with Crippen LogP contribution in [0.3, 0.4) is 0 Å². The summed E-state index contributed by atoms with van der Waals surface area (Å²) in [6.45, 7) is 11.2. The van der Waals surface area contributed by atoms with Crippen molar-refractivity contribution in [2.24, 2.45) is 0 Å². The highest BCUT2D eigenvalue weighted by Crippen LogP contribution is 2.01. The van der Waals surface area contributed by atoms with Crippen LogP contribution in [-0.2, 0) is 4.79 Å². The molecule has 0 aromatic rings. The van der Waals surface area contributed by atoms with E-state index in [1.165, 1.54) is 12.8 Å². The lowest BCUT2D eigenvalue weighted by molar-refractivity contribution is -0.122. The molecule has 1 unspecified atom stereocenters. The fourth-order valence-corrected chi connectivity index (χ4v) is 1.67. The maximum absolute atomic E-state index is 11.5. The minimum Gasteiger partial charge on any atom is -0.351 e. The highest BCUT2D eigenvalue weighted by Gasteiger charge is 2.13. The first kappa shape index (κ1) is 15.4. The Labute approximate surface area is 100 Å². The number of rotatable bonds is 7. The van der Waals surface area contributed by atoms with Crippen molar-refractivity contribution in [3.05, 3.63) is 0 Å². The number of hydrogen-bond donors (Lipinski definition) is 2. The Morgan fingerprint density at radius 1 is 1.25 bits per heavy atom. The SMILES string of the molecule is CCCC(CC)NCCC(=O)NC(C)(C)C. The van der Waals surface area contributed by atoms with E-state index in [0.29, 0.717) is 12.5 Å². The molecule has 0 heterocycles. The largest absolute Gasteiger partial charge is 0.351 e. The van der Waals surface area contributed by atoms with Crippen LogP contribution in [0.1, 0.15) is 60.3 Å². The number of nitrogens with one attached hydrogen (secondary N) is 2. The number of hydrogen-bond acceptors (Lipinski definition) is 2. The summed E-state index contributed by atoms with van der Waals surface area (Å²) in [4.78, 5) is 11.5. The maximum Gasteiger partial charge on any atom is 0.221 e. The molecule has 0 aliphatic rings. The molecule has 0 fully saturated rings. The smallest absolute Gasteiger partial charge is 0.221 e. The molecule has 0 aromatic heterocycles. The molecule has 0 rings (SSSR count). The van der Waals surface area contributed by atoms with E-state index < -0.39 is 0 Å². The second kappa shape index (κ2) is 7.66. The number of carbonyl (C=O) groups excluding carboxylic acids is 1. The Bertz CT molecular complexity index is 197. The lowest BCUT2D eigenvalue weighted by Gasteiger charge is -2.21. The summed E-state index contributed by atoms with van der Waals surface area (Å²) in [6.07, 6.45) is 4.09. The van der Waals surface area contributed by atoms with Gasteiger partial charge in [0.15, 0.2) is 0 Å². The van der Waals surface area contributed by atoms with Gasteiger partial charge in [0.2, 0.25) is 5.91 Å². The first-order valence-corrected chi connectivity index (χ1v) is 6.43. The van der Waals surface area contributed by atoms with E-state index in [4.69, 9.17) is 0 Å². The second-order valence-electron chi connectivity index (χ2n) is 5.40. The van der Waals surface area contributed by atoms with Crippen molar-refractivity contribution < 1.29 is 4.79 Å². The van der Waals surface area contributed by atoms with Gasteiger partial charge >= 0.3 is 0 Å². The molecule has 3 nitrogen and oxygen atoms in total. The standard InChI is InChI=1S/C13H28N2O/c1-6-8-11(7-2)14-10-9-12(16)15-13(3,4)5/h11,14H,6-10H2,1-5H3,(H,15,16).